The molecule has 10 heteroatoms. The van der Waals surface area contributed by atoms with Gasteiger partial charge < -0.3 is 5.32 Å². The van der Waals surface area contributed by atoms with Gasteiger partial charge in [0.2, 0.25) is 0 Å². The number of nitrogens with zero attached hydrogens (tertiary/aromatic N) is 1. The number of rotatable bonds is 7. The lowest BCUT2D eigenvalue weighted by Crippen LogP contribution is -2.46. The van der Waals surface area contributed by atoms with Crippen molar-refractivity contribution >= 4 is 19.7 Å². The van der Waals surface area contributed by atoms with Crippen molar-refractivity contribution in [1.29, 1.82) is 0 Å². The van der Waals surface area contributed by atoms with Gasteiger partial charge in [0.25, 0.3) is 0 Å². The number of hydrogen-bond donors (Lipinski definition) is 1. The van der Waals surface area contributed by atoms with Crippen LogP contribution in [0.2, 0.25) is 0 Å². The Labute approximate surface area is 193 Å². The SMILES string of the molecule is Cc1ccc(F)c(S(=O)(=O)[C@H]2CS(=O)(=O)C[C@@H]2NCC(c2ccc(F)cc2)N2CCCC2)c1. The number of likely N-dealkylation sites (tertiary alicyclic amines) is 1. The summed E-state index contributed by atoms with van der Waals surface area (Å²) in [6, 6.07) is 8.94. The third-order valence-corrected chi connectivity index (χ3v) is 10.7. The van der Waals surface area contributed by atoms with Crippen LogP contribution in [-0.2, 0) is 19.7 Å². The monoisotopic (exact) mass is 498 g/mol. The molecule has 2 aliphatic heterocycles. The third-order valence-electron chi connectivity index (χ3n) is 6.50. The van der Waals surface area contributed by atoms with E-state index in [1.807, 2.05) is 0 Å². The zero-order valence-corrected chi connectivity index (χ0v) is 20.0. The smallest absolute Gasteiger partial charge is 0.186 e. The van der Waals surface area contributed by atoms with Crippen molar-refractivity contribution in [2.24, 2.45) is 0 Å². The van der Waals surface area contributed by atoms with Gasteiger partial charge in [0.15, 0.2) is 19.7 Å². The van der Waals surface area contributed by atoms with Crippen LogP contribution in [0.5, 0.6) is 0 Å². The molecule has 0 saturated carbocycles. The number of benzene rings is 2. The van der Waals surface area contributed by atoms with Gasteiger partial charge in [-0.2, -0.15) is 0 Å². The first-order valence-corrected chi connectivity index (χ1v) is 14.4. The molecule has 2 aromatic rings. The van der Waals surface area contributed by atoms with Gasteiger partial charge in [-0.05, 0) is 68.2 Å². The number of halogens is 2. The summed E-state index contributed by atoms with van der Waals surface area (Å²) in [5, 5.41) is 1.89. The molecule has 0 spiro atoms. The zero-order chi connectivity index (χ0) is 23.8. The molecular weight excluding hydrogens is 470 g/mol. The van der Waals surface area contributed by atoms with Crippen LogP contribution in [0.3, 0.4) is 0 Å². The van der Waals surface area contributed by atoms with Crippen molar-refractivity contribution in [1.82, 2.24) is 10.2 Å². The summed E-state index contributed by atoms with van der Waals surface area (Å²) in [6.45, 7) is 3.66. The Bertz CT molecular complexity index is 1210. The summed E-state index contributed by atoms with van der Waals surface area (Å²) >= 11 is 0. The first-order chi connectivity index (χ1) is 15.6. The molecule has 2 fully saturated rings. The highest BCUT2D eigenvalue weighted by atomic mass is 32.2. The Morgan fingerprint density at radius 1 is 1.06 bits per heavy atom. The maximum Gasteiger partial charge on any atom is 0.186 e. The Kier molecular flexibility index (Phi) is 6.91. The highest BCUT2D eigenvalue weighted by molar-refractivity contribution is 7.96. The Morgan fingerprint density at radius 3 is 2.39 bits per heavy atom. The van der Waals surface area contributed by atoms with E-state index in [1.165, 1.54) is 24.3 Å². The van der Waals surface area contributed by atoms with Crippen molar-refractivity contribution < 1.29 is 25.6 Å². The maximum absolute atomic E-state index is 14.4. The minimum absolute atomic E-state index is 0.157. The second-order valence-corrected chi connectivity index (χ2v) is 13.2. The van der Waals surface area contributed by atoms with E-state index in [4.69, 9.17) is 0 Å². The lowest BCUT2D eigenvalue weighted by atomic mass is 10.0. The molecule has 2 heterocycles. The molecule has 0 bridgehead atoms. The molecular formula is C23H28F2N2O4S2. The van der Waals surface area contributed by atoms with Gasteiger partial charge >= 0.3 is 0 Å². The second-order valence-electron chi connectivity index (χ2n) is 8.92. The van der Waals surface area contributed by atoms with E-state index in [1.54, 1.807) is 19.1 Å². The van der Waals surface area contributed by atoms with E-state index in [0.29, 0.717) is 12.1 Å². The van der Waals surface area contributed by atoms with Gasteiger partial charge in [-0.15, -0.1) is 0 Å². The fourth-order valence-electron chi connectivity index (χ4n) is 4.76. The van der Waals surface area contributed by atoms with Crippen molar-refractivity contribution in [2.75, 3.05) is 31.1 Å². The van der Waals surface area contributed by atoms with Crippen LogP contribution in [0.15, 0.2) is 47.4 Å². The highest BCUT2D eigenvalue weighted by Gasteiger charge is 2.46. The molecule has 33 heavy (non-hydrogen) atoms. The van der Waals surface area contributed by atoms with Crippen molar-refractivity contribution in [3.63, 3.8) is 0 Å². The predicted octanol–water partition coefficient (Wildman–Crippen LogP) is 2.64. The number of sulfone groups is 2. The minimum atomic E-state index is -4.23. The summed E-state index contributed by atoms with van der Waals surface area (Å²) in [4.78, 5) is 1.76. The van der Waals surface area contributed by atoms with Gasteiger partial charge in [-0.25, -0.2) is 25.6 Å². The van der Waals surface area contributed by atoms with Gasteiger partial charge in [0, 0.05) is 18.6 Å². The first-order valence-electron chi connectivity index (χ1n) is 11.0. The molecule has 2 aliphatic rings. The standard InChI is InChI=1S/C23H28F2N2O4S2/c1-16-4-9-19(25)22(12-16)33(30,31)23-15-32(28,29)14-20(23)26-13-21(27-10-2-3-11-27)17-5-7-18(24)8-6-17/h4-9,12,20-21,23,26H,2-3,10-11,13-15H2,1H3/t20-,21?,23-/m0/s1. The molecule has 0 radical (unpaired) electrons. The molecule has 1 N–H and O–H groups in total. The zero-order valence-electron chi connectivity index (χ0n) is 18.4. The maximum atomic E-state index is 14.4. The number of hydrogen-bond acceptors (Lipinski definition) is 6. The van der Waals surface area contributed by atoms with Crippen LogP contribution < -0.4 is 5.32 Å². The number of aryl methyl sites for hydroxylation is 1. The minimum Gasteiger partial charge on any atom is -0.310 e. The van der Waals surface area contributed by atoms with Crippen molar-refractivity contribution in [3.8, 4) is 0 Å². The molecule has 0 aromatic heterocycles. The van der Waals surface area contributed by atoms with Crippen molar-refractivity contribution in [3.05, 3.63) is 65.2 Å². The van der Waals surface area contributed by atoms with Crippen LogP contribution >= 0.6 is 0 Å². The predicted molar refractivity (Wildman–Crippen MR) is 123 cm³/mol. The molecule has 2 saturated heterocycles. The summed E-state index contributed by atoms with van der Waals surface area (Å²) in [7, 11) is -7.85. The van der Waals surface area contributed by atoms with Crippen LogP contribution in [0.25, 0.3) is 0 Å². The summed E-state index contributed by atoms with van der Waals surface area (Å²) in [6.07, 6.45) is 2.05. The Morgan fingerprint density at radius 2 is 1.73 bits per heavy atom. The van der Waals surface area contributed by atoms with E-state index in [-0.39, 0.29) is 17.6 Å². The average Bonchev–Trinajstić information content (AvgIpc) is 3.39. The third kappa shape index (κ3) is 5.29. The van der Waals surface area contributed by atoms with Crippen molar-refractivity contribution in [2.45, 2.75) is 42.0 Å². The fourth-order valence-corrected chi connectivity index (χ4v) is 9.63. The van der Waals surface area contributed by atoms with Crippen LogP contribution in [0.4, 0.5) is 8.78 Å². The largest absolute Gasteiger partial charge is 0.310 e. The van der Waals surface area contributed by atoms with E-state index in [0.717, 1.165) is 37.6 Å². The molecule has 0 aliphatic carbocycles. The van der Waals surface area contributed by atoms with E-state index >= 15 is 0 Å². The van der Waals surface area contributed by atoms with Crippen LogP contribution in [0, 0.1) is 18.6 Å². The Hall–Kier alpha value is -1.88. The van der Waals surface area contributed by atoms with Crippen LogP contribution in [0.1, 0.15) is 30.0 Å². The van der Waals surface area contributed by atoms with Gasteiger partial charge in [0.1, 0.15) is 16.5 Å². The topological polar surface area (TPSA) is 83.5 Å². The van der Waals surface area contributed by atoms with Gasteiger partial charge in [-0.1, -0.05) is 18.2 Å². The molecule has 6 nitrogen and oxygen atoms in total. The molecule has 1 unspecified atom stereocenters. The second kappa shape index (κ2) is 9.40. The normalized spacial score (nSPS) is 24.2. The van der Waals surface area contributed by atoms with Crippen LogP contribution in [-0.4, -0.2) is 64.2 Å². The molecule has 0 amide bonds. The van der Waals surface area contributed by atoms with E-state index in [2.05, 4.69) is 10.2 Å². The number of nitrogens with one attached hydrogen (secondary N) is 1. The fraction of sp³-hybridized carbons (Fsp3) is 0.478. The summed E-state index contributed by atoms with van der Waals surface area (Å²) < 4.78 is 79.4. The Balaban J connectivity index is 1.60. The first kappa shape index (κ1) is 24.3. The average molecular weight is 499 g/mol. The molecule has 2 aromatic carbocycles. The summed E-state index contributed by atoms with van der Waals surface area (Å²) in [5.74, 6) is -2.11. The lowest BCUT2D eigenvalue weighted by molar-refractivity contribution is 0.234. The van der Waals surface area contributed by atoms with Gasteiger partial charge in [0.05, 0.1) is 16.8 Å². The van der Waals surface area contributed by atoms with E-state index in [9.17, 15) is 25.6 Å². The molecule has 4 rings (SSSR count). The summed E-state index contributed by atoms with van der Waals surface area (Å²) in [5.41, 5.74) is 1.45. The molecule has 180 valence electrons. The molecule has 3 atom stereocenters. The van der Waals surface area contributed by atoms with E-state index < -0.39 is 47.4 Å². The van der Waals surface area contributed by atoms with Gasteiger partial charge in [-0.3, -0.25) is 4.90 Å². The highest BCUT2D eigenvalue weighted by Crippen LogP contribution is 2.30. The lowest BCUT2D eigenvalue weighted by Gasteiger charge is -2.30. The quantitative estimate of drug-likeness (QED) is 0.632.